The van der Waals surface area contributed by atoms with E-state index in [1.54, 1.807) is 51.1 Å². The Hall–Kier alpha value is -5.58. The van der Waals surface area contributed by atoms with Gasteiger partial charge in [0.15, 0.2) is 15.9 Å². The number of thioether (sulfide) groups is 1. The Bertz CT molecular complexity index is 2100. The molecule has 7 amide bonds. The lowest BCUT2D eigenvalue weighted by Crippen LogP contribution is -2.71. The summed E-state index contributed by atoms with van der Waals surface area (Å²) < 4.78 is 24.0. The summed E-state index contributed by atoms with van der Waals surface area (Å²) in [6, 6.07) is 2.71. The number of carboxylic acids is 2. The zero-order valence-corrected chi connectivity index (χ0v) is 32.1. The number of benzene rings is 1. The van der Waals surface area contributed by atoms with E-state index >= 15 is 0 Å². The van der Waals surface area contributed by atoms with Crippen molar-refractivity contribution in [2.24, 2.45) is 0 Å². The molecule has 0 bridgehead atoms. The van der Waals surface area contributed by atoms with Crippen LogP contribution in [0.15, 0.2) is 42.7 Å². The van der Waals surface area contributed by atoms with E-state index in [1.807, 2.05) is 0 Å². The normalized spacial score (nSPS) is 28.9. The summed E-state index contributed by atoms with van der Waals surface area (Å²) in [7, 11) is -3.80. The number of likely N-dealkylation sites (N-methyl/N-ethyl adjacent to an activating group) is 1. The van der Waals surface area contributed by atoms with E-state index in [0.29, 0.717) is 12.1 Å². The maximum Gasteiger partial charge on any atom is 0.328 e. The fraction of sp³-hybridized carbons (Fsp3) is 0.515. The van der Waals surface area contributed by atoms with Crippen molar-refractivity contribution in [2.45, 2.75) is 85.1 Å². The number of carbonyl (C=O) groups excluding carboxylic acids is 6. The minimum absolute atomic E-state index is 0.0200. The highest BCUT2D eigenvalue weighted by Crippen LogP contribution is 2.51. The molecule has 1 unspecified atom stereocenters. The van der Waals surface area contributed by atoms with Crippen LogP contribution in [0, 0.1) is 0 Å². The van der Waals surface area contributed by atoms with E-state index in [0.717, 1.165) is 9.80 Å². The van der Waals surface area contributed by atoms with E-state index in [4.69, 9.17) is 0 Å². The molecule has 0 aliphatic carbocycles. The molecule has 6 heterocycles. The molecular weight excluding hydrogens is 779 g/mol. The van der Waals surface area contributed by atoms with E-state index in [2.05, 4.69) is 20.9 Å². The van der Waals surface area contributed by atoms with Crippen LogP contribution in [0.2, 0.25) is 0 Å². The van der Waals surface area contributed by atoms with Gasteiger partial charge < -0.3 is 35.5 Å². The third-order valence-corrected chi connectivity index (χ3v) is 14.9. The van der Waals surface area contributed by atoms with Crippen LogP contribution < -0.4 is 10.6 Å². The van der Waals surface area contributed by atoms with Crippen LogP contribution >= 0.6 is 11.8 Å². The summed E-state index contributed by atoms with van der Waals surface area (Å²) in [5.41, 5.74) is 0.403. The number of aromatic nitrogens is 3. The summed E-state index contributed by atoms with van der Waals surface area (Å²) in [6.45, 7) is 6.86. The van der Waals surface area contributed by atoms with Crippen LogP contribution in [0.4, 0.5) is 4.79 Å². The molecule has 7 atom stereocenters. The second kappa shape index (κ2) is 14.5. The Labute approximate surface area is 323 Å². The average molecular weight is 818 g/mol. The lowest BCUT2D eigenvalue weighted by molar-refractivity contribution is -0.161. The van der Waals surface area contributed by atoms with Gasteiger partial charge in [-0.1, -0.05) is 35.5 Å². The number of fused-ring (bicyclic) bond motifs is 2. The summed E-state index contributed by atoms with van der Waals surface area (Å²) in [5, 5.41) is 29.7. The number of nitrogens with one attached hydrogen (secondary N) is 2. The van der Waals surface area contributed by atoms with E-state index in [9.17, 15) is 57.0 Å². The van der Waals surface area contributed by atoms with Crippen molar-refractivity contribution in [3.05, 3.63) is 48.3 Å². The van der Waals surface area contributed by atoms with Crippen LogP contribution in [-0.4, -0.2) is 159 Å². The largest absolute Gasteiger partial charge is 0.480 e. The number of urea groups is 1. The molecule has 300 valence electrons. The third-order valence-electron chi connectivity index (χ3n) is 10.6. The number of carboxylic acid groups (broad SMARTS) is 2. The second-order valence-electron chi connectivity index (χ2n) is 14.4. The number of piperazine rings is 1. The maximum absolute atomic E-state index is 13.3. The summed E-state index contributed by atoms with van der Waals surface area (Å²) in [5.74, 6) is -5.90. The fourth-order valence-corrected chi connectivity index (χ4v) is 11.6. The predicted octanol–water partition coefficient (Wildman–Crippen LogP) is -1.76. The number of carbonyl (C=O) groups is 8. The molecule has 5 fully saturated rings. The van der Waals surface area contributed by atoms with Gasteiger partial charge in [-0.3, -0.25) is 33.6 Å². The third kappa shape index (κ3) is 6.50. The molecule has 23 heteroatoms. The SMILES string of the molecule is CCN1CCN(C(=O)NC(C(=O)N[C@@H]2C(=O)N3[C@@H]2SC(C)(C)[C@@H]3C(=O)O)c2ccccc2)C(=O)C1=O.C[C@]1(Cn2ccnn2)[C@H](C(=O)O)N2C(=O)C[C@H]2S1(=O)=O. The van der Waals surface area contributed by atoms with E-state index in [-0.39, 0.29) is 26.1 Å². The van der Waals surface area contributed by atoms with Gasteiger partial charge in [-0.05, 0) is 33.3 Å². The number of sulfone groups is 1. The van der Waals surface area contributed by atoms with Crippen LogP contribution in [0.3, 0.4) is 0 Å². The van der Waals surface area contributed by atoms with Crippen molar-refractivity contribution in [3.8, 4) is 0 Å². The maximum atomic E-state index is 13.3. The van der Waals surface area contributed by atoms with Crippen molar-refractivity contribution in [2.75, 3.05) is 19.6 Å². The number of amides is 7. The number of imide groups is 1. The van der Waals surface area contributed by atoms with Crippen LogP contribution in [0.25, 0.3) is 0 Å². The Morgan fingerprint density at radius 3 is 2.20 bits per heavy atom. The first kappa shape index (κ1) is 40.1. The van der Waals surface area contributed by atoms with Crippen molar-refractivity contribution in [3.63, 3.8) is 0 Å². The monoisotopic (exact) mass is 817 g/mol. The van der Waals surface area contributed by atoms with Gasteiger partial charge in [-0.2, -0.15) is 0 Å². The van der Waals surface area contributed by atoms with Gasteiger partial charge in [0.25, 0.3) is 0 Å². The second-order valence-corrected chi connectivity index (χ2v) is 18.7. The lowest BCUT2D eigenvalue weighted by atomic mass is 9.95. The Morgan fingerprint density at radius 1 is 0.964 bits per heavy atom. The van der Waals surface area contributed by atoms with Crippen LogP contribution in [0.1, 0.15) is 45.7 Å². The number of rotatable bonds is 9. The molecule has 2 aromatic rings. The quantitative estimate of drug-likeness (QED) is 0.161. The average Bonchev–Trinajstić information content (AvgIpc) is 3.78. The van der Waals surface area contributed by atoms with Gasteiger partial charge in [0.05, 0.1) is 19.2 Å². The molecule has 1 aromatic heterocycles. The van der Waals surface area contributed by atoms with Gasteiger partial charge in [0.2, 0.25) is 17.7 Å². The molecule has 5 aliphatic heterocycles. The minimum Gasteiger partial charge on any atom is -0.480 e. The number of β-lactam (4-membered cyclic amide) rings is 2. The fourth-order valence-electron chi connectivity index (χ4n) is 7.63. The topological polar surface area (TPSA) is 279 Å². The van der Waals surface area contributed by atoms with Crippen molar-refractivity contribution in [1.29, 1.82) is 0 Å². The van der Waals surface area contributed by atoms with Gasteiger partial charge >= 0.3 is 29.8 Å². The Morgan fingerprint density at radius 2 is 1.62 bits per heavy atom. The Balaban J connectivity index is 0.000000223. The first-order valence-corrected chi connectivity index (χ1v) is 19.8. The van der Waals surface area contributed by atoms with Gasteiger partial charge in [0, 0.05) is 30.6 Å². The lowest BCUT2D eigenvalue weighted by Gasteiger charge is -2.44. The molecule has 7 rings (SSSR count). The van der Waals surface area contributed by atoms with Crippen molar-refractivity contribution < 1.29 is 57.0 Å². The molecular formula is C33H39N9O12S2. The summed E-state index contributed by atoms with van der Waals surface area (Å²) in [4.78, 5) is 103. The smallest absolute Gasteiger partial charge is 0.328 e. The highest BCUT2D eigenvalue weighted by atomic mass is 32.2. The molecule has 0 saturated carbocycles. The molecule has 0 spiro atoms. The van der Waals surface area contributed by atoms with Crippen LogP contribution in [0.5, 0.6) is 0 Å². The highest BCUT2D eigenvalue weighted by Gasteiger charge is 2.70. The number of nitrogens with zero attached hydrogens (tertiary/aromatic N) is 7. The van der Waals surface area contributed by atoms with Gasteiger partial charge in [-0.15, -0.1) is 16.9 Å². The minimum atomic E-state index is -3.80. The number of aliphatic carboxylic acids is 2. The van der Waals surface area contributed by atoms with Crippen molar-refractivity contribution >= 4 is 69.1 Å². The first-order chi connectivity index (χ1) is 26.3. The number of hydrogen-bond acceptors (Lipinski definition) is 13. The van der Waals surface area contributed by atoms with Crippen LogP contribution in [-0.2, 0) is 49.9 Å². The number of hydrogen-bond donors (Lipinski definition) is 4. The molecule has 4 N–H and O–H groups in total. The molecule has 5 saturated heterocycles. The molecule has 5 aliphatic rings. The molecule has 21 nitrogen and oxygen atoms in total. The predicted molar refractivity (Wildman–Crippen MR) is 191 cm³/mol. The van der Waals surface area contributed by atoms with E-state index < -0.39 is 102 Å². The summed E-state index contributed by atoms with van der Waals surface area (Å²) in [6.07, 6.45) is 2.68. The van der Waals surface area contributed by atoms with Gasteiger partial charge in [0.1, 0.15) is 33.6 Å². The molecule has 56 heavy (non-hydrogen) atoms. The zero-order valence-electron chi connectivity index (χ0n) is 30.5. The Kier molecular flexibility index (Phi) is 10.4. The zero-order chi connectivity index (χ0) is 41.1. The standard InChI is InChI=1S/C23H27N5O7S.C10H12N4O5S/c1-4-26-10-11-27(19(32)18(26)31)22(35)25-13(12-8-6-5-7-9-12)16(29)24-14-17(30)28-15(21(33)34)23(2,3)36-20(14)28;1-10(5-13-3-2-11-12-13)8(9(16)17)14-6(15)4-7(14)20(10,18)19/h5-9,13-15,20H,4,10-11H2,1-3H3,(H,24,29)(H,25,35)(H,33,34);2-3,7-8H,4-5H2,1H3,(H,16,17)/t13?,14-,15+,20-;7-,8+,10+/m11/s1. The highest BCUT2D eigenvalue weighted by molar-refractivity contribution is 8.01. The summed E-state index contributed by atoms with van der Waals surface area (Å²) >= 11 is 1.28. The molecule has 0 radical (unpaired) electrons. The first-order valence-electron chi connectivity index (χ1n) is 17.4. The molecule has 1 aromatic carbocycles. The van der Waals surface area contributed by atoms with E-state index in [1.165, 1.54) is 45.6 Å². The van der Waals surface area contributed by atoms with Crippen molar-refractivity contribution in [1.82, 2.24) is 45.2 Å². The van der Waals surface area contributed by atoms with Gasteiger partial charge in [-0.25, -0.2) is 22.8 Å².